The van der Waals surface area contributed by atoms with Crippen molar-refractivity contribution in [3.63, 3.8) is 0 Å². The number of allylic oxidation sites excluding steroid dienone is 12. The van der Waals surface area contributed by atoms with Crippen molar-refractivity contribution in [2.75, 3.05) is 47.5 Å². The Morgan fingerprint density at radius 2 is 0.687 bits per heavy atom. The van der Waals surface area contributed by atoms with E-state index < -0.39 is 24.3 Å². The van der Waals surface area contributed by atoms with Gasteiger partial charge in [0, 0.05) is 12.8 Å². The molecule has 2 unspecified atom stereocenters. The second kappa shape index (κ2) is 64.7. The first-order valence-electron chi connectivity index (χ1n) is 35.1. The summed E-state index contributed by atoms with van der Waals surface area (Å²) in [5.41, 5.74) is 0. The van der Waals surface area contributed by atoms with Crippen LogP contribution in [-0.2, 0) is 33.3 Å². The lowest BCUT2D eigenvalue weighted by Crippen LogP contribution is -2.40. The van der Waals surface area contributed by atoms with Gasteiger partial charge in [0.05, 0.1) is 34.4 Å². The molecular formula is C74H134NO8+. The highest BCUT2D eigenvalue weighted by Crippen LogP contribution is 2.18. The largest absolute Gasteiger partial charge is 0.477 e. The summed E-state index contributed by atoms with van der Waals surface area (Å²) in [6.07, 6.45) is 83.1. The molecule has 0 saturated heterocycles. The summed E-state index contributed by atoms with van der Waals surface area (Å²) in [5, 5.41) is 9.74. The van der Waals surface area contributed by atoms with Crippen molar-refractivity contribution in [1.82, 2.24) is 0 Å². The summed E-state index contributed by atoms with van der Waals surface area (Å²) in [4.78, 5) is 37.6. The van der Waals surface area contributed by atoms with Crippen molar-refractivity contribution in [3.8, 4) is 0 Å². The molecule has 0 radical (unpaired) electrons. The van der Waals surface area contributed by atoms with E-state index in [-0.39, 0.29) is 32.2 Å². The lowest BCUT2D eigenvalue weighted by molar-refractivity contribution is -0.870. The van der Waals surface area contributed by atoms with E-state index in [1.54, 1.807) is 0 Å². The summed E-state index contributed by atoms with van der Waals surface area (Å²) < 4.78 is 23.0. The average Bonchev–Trinajstić information content (AvgIpc) is 3.46. The second-order valence-electron chi connectivity index (χ2n) is 24.8. The Bertz CT molecular complexity index is 1590. The number of carboxylic acid groups (broad SMARTS) is 1. The van der Waals surface area contributed by atoms with Crippen LogP contribution >= 0.6 is 0 Å². The quantitative estimate of drug-likeness (QED) is 0.0211. The van der Waals surface area contributed by atoms with Gasteiger partial charge in [-0.05, 0) is 83.5 Å². The highest BCUT2D eigenvalue weighted by atomic mass is 16.7. The maximum Gasteiger partial charge on any atom is 0.361 e. The number of nitrogens with zero attached hydrogens (tertiary/aromatic N) is 1. The van der Waals surface area contributed by atoms with Crippen molar-refractivity contribution < 1.29 is 42.9 Å². The van der Waals surface area contributed by atoms with Crippen LogP contribution in [0.1, 0.15) is 322 Å². The topological polar surface area (TPSA) is 108 Å². The minimum absolute atomic E-state index is 0.184. The molecule has 0 saturated carbocycles. The molecule has 1 N–H and O–H groups in total. The summed E-state index contributed by atoms with van der Waals surface area (Å²) >= 11 is 0. The Morgan fingerprint density at radius 3 is 1.04 bits per heavy atom. The molecule has 0 rings (SSSR count). The van der Waals surface area contributed by atoms with Gasteiger partial charge in [0.1, 0.15) is 13.2 Å². The number of quaternary nitrogens is 1. The highest BCUT2D eigenvalue weighted by Gasteiger charge is 2.25. The molecule has 0 aromatic heterocycles. The van der Waals surface area contributed by atoms with Gasteiger partial charge in [-0.15, -0.1) is 0 Å². The van der Waals surface area contributed by atoms with Gasteiger partial charge in [-0.1, -0.05) is 299 Å². The molecule has 0 heterocycles. The third-order valence-electron chi connectivity index (χ3n) is 15.4. The second-order valence-corrected chi connectivity index (χ2v) is 24.8. The molecule has 0 fully saturated rings. The number of esters is 2. The Balaban J connectivity index is 4.05. The molecule has 9 heteroatoms. The van der Waals surface area contributed by atoms with Crippen LogP contribution in [0.2, 0.25) is 0 Å². The SMILES string of the molecule is CC/C=C\C/C=C\C/C=C\C/C=C\C/C=C\CCCCCCCCCC(=O)OC(COC(=O)CCCCCCCCCCCCCCCCCCCCCCCCC/C=C\CCCCCCCCCC)COC(OCC[N+](C)(C)C)C(=O)O. The number of carbonyl (C=O) groups is 3. The number of unbranched alkanes of at least 4 members (excludes halogenated alkanes) is 38. The number of ether oxygens (including phenoxy) is 4. The Hall–Kier alpha value is -3.27. The van der Waals surface area contributed by atoms with E-state index in [9.17, 15) is 19.5 Å². The van der Waals surface area contributed by atoms with Gasteiger partial charge in [-0.25, -0.2) is 4.79 Å². The predicted molar refractivity (Wildman–Crippen MR) is 355 cm³/mol. The molecule has 0 aliphatic carbocycles. The summed E-state index contributed by atoms with van der Waals surface area (Å²) in [6, 6.07) is 0. The van der Waals surface area contributed by atoms with Crippen LogP contribution in [0.3, 0.4) is 0 Å². The molecule has 0 aromatic carbocycles. The van der Waals surface area contributed by atoms with Gasteiger partial charge >= 0.3 is 17.9 Å². The van der Waals surface area contributed by atoms with E-state index in [1.165, 1.54) is 212 Å². The third kappa shape index (κ3) is 66.1. The maximum absolute atomic E-state index is 12.9. The Morgan fingerprint density at radius 1 is 0.373 bits per heavy atom. The van der Waals surface area contributed by atoms with Crippen LogP contribution in [0.5, 0.6) is 0 Å². The summed E-state index contributed by atoms with van der Waals surface area (Å²) in [6.45, 7) is 4.79. The molecule has 0 aromatic rings. The fraction of sp³-hybridized carbons (Fsp3) is 0.797. The predicted octanol–water partition coefficient (Wildman–Crippen LogP) is 21.7. The van der Waals surface area contributed by atoms with Gasteiger partial charge in [0.15, 0.2) is 6.10 Å². The van der Waals surface area contributed by atoms with E-state index in [0.717, 1.165) is 77.0 Å². The molecule has 0 amide bonds. The lowest BCUT2D eigenvalue weighted by atomic mass is 10.0. The van der Waals surface area contributed by atoms with Crippen LogP contribution in [0.4, 0.5) is 0 Å². The molecule has 482 valence electrons. The first kappa shape index (κ1) is 79.7. The molecule has 2 atom stereocenters. The third-order valence-corrected chi connectivity index (χ3v) is 15.4. The van der Waals surface area contributed by atoms with Gasteiger partial charge in [-0.3, -0.25) is 9.59 Å². The lowest BCUT2D eigenvalue weighted by Gasteiger charge is -2.25. The summed E-state index contributed by atoms with van der Waals surface area (Å²) in [5.74, 6) is -2.01. The van der Waals surface area contributed by atoms with Crippen molar-refractivity contribution in [1.29, 1.82) is 0 Å². The standard InChI is InChI=1S/C74H133NO8/c1-6-8-10-12-14-16-18-20-22-24-26-28-30-31-32-33-34-35-36-37-38-39-40-41-43-44-46-48-50-52-54-56-58-60-62-64-71(76)81-68-70(69-82-74(73(78)79)80-67-66-75(3,4)5)83-72(77)65-63-61-59-57-55-53-51-49-47-45-42-29-27-25-23-21-19-17-15-13-11-9-7-2/h9,11,15,17,21,23-24,26-27,29,45,47,70,74H,6-8,10,12-14,16,18-20,22,25,28,30-44,46,48-69H2,1-5H3/p+1/b11-9-,17-15-,23-21-,26-24-,29-27-,47-45-. The van der Waals surface area contributed by atoms with E-state index in [0.29, 0.717) is 23.9 Å². The van der Waals surface area contributed by atoms with Crippen molar-refractivity contribution in [2.45, 2.75) is 334 Å². The molecular weight excluding hydrogens is 1030 g/mol. The van der Waals surface area contributed by atoms with Crippen LogP contribution in [0, 0.1) is 0 Å². The number of rotatable bonds is 65. The molecule has 83 heavy (non-hydrogen) atoms. The average molecular weight is 1170 g/mol. The zero-order valence-electron chi connectivity index (χ0n) is 55.1. The first-order chi connectivity index (χ1) is 40.6. The minimum Gasteiger partial charge on any atom is -0.477 e. The van der Waals surface area contributed by atoms with Gasteiger partial charge in [0.25, 0.3) is 6.29 Å². The van der Waals surface area contributed by atoms with E-state index in [1.807, 2.05) is 21.1 Å². The van der Waals surface area contributed by atoms with E-state index >= 15 is 0 Å². The van der Waals surface area contributed by atoms with Crippen molar-refractivity contribution >= 4 is 17.9 Å². The van der Waals surface area contributed by atoms with Crippen molar-refractivity contribution in [3.05, 3.63) is 72.9 Å². The zero-order valence-corrected chi connectivity index (χ0v) is 55.1. The number of hydrogen-bond acceptors (Lipinski definition) is 7. The molecule has 9 nitrogen and oxygen atoms in total. The normalized spacial score (nSPS) is 13.1. The molecule has 0 aliphatic heterocycles. The van der Waals surface area contributed by atoms with Crippen LogP contribution in [0.25, 0.3) is 0 Å². The smallest absolute Gasteiger partial charge is 0.361 e. The van der Waals surface area contributed by atoms with Gasteiger partial charge in [0.2, 0.25) is 0 Å². The summed E-state index contributed by atoms with van der Waals surface area (Å²) in [7, 11) is 5.97. The number of likely N-dealkylation sites (N-methyl/N-ethyl adjacent to an activating group) is 1. The van der Waals surface area contributed by atoms with Crippen molar-refractivity contribution in [2.24, 2.45) is 0 Å². The Kier molecular flexibility index (Phi) is 62.2. The van der Waals surface area contributed by atoms with E-state index in [4.69, 9.17) is 18.9 Å². The Labute approximate surface area is 513 Å². The number of carbonyl (C=O) groups excluding carboxylic acids is 2. The van der Waals surface area contributed by atoms with Crippen LogP contribution < -0.4 is 0 Å². The molecule has 0 aliphatic rings. The molecule has 0 spiro atoms. The fourth-order valence-electron chi connectivity index (χ4n) is 10.1. The maximum atomic E-state index is 12.9. The van der Waals surface area contributed by atoms with Crippen LogP contribution in [-0.4, -0.2) is 87.4 Å². The number of hydrogen-bond donors (Lipinski definition) is 1. The number of carboxylic acids is 1. The minimum atomic E-state index is -1.52. The van der Waals surface area contributed by atoms with Crippen LogP contribution in [0.15, 0.2) is 72.9 Å². The highest BCUT2D eigenvalue weighted by molar-refractivity contribution is 5.71. The van der Waals surface area contributed by atoms with Gasteiger partial charge in [-0.2, -0.15) is 0 Å². The zero-order chi connectivity index (χ0) is 60.5. The fourth-order valence-corrected chi connectivity index (χ4v) is 10.1. The van der Waals surface area contributed by atoms with Gasteiger partial charge < -0.3 is 28.5 Å². The monoisotopic (exact) mass is 1170 g/mol. The number of aliphatic carboxylic acids is 1. The first-order valence-corrected chi connectivity index (χ1v) is 35.1. The molecule has 0 bridgehead atoms. The van der Waals surface area contributed by atoms with E-state index in [2.05, 4.69) is 86.8 Å².